The van der Waals surface area contributed by atoms with Gasteiger partial charge >= 0.3 is 0 Å². The number of sulfonamides is 1. The van der Waals surface area contributed by atoms with Crippen LogP contribution in [0.15, 0.2) is 78.0 Å². The van der Waals surface area contributed by atoms with Crippen LogP contribution < -0.4 is 4.72 Å². The largest absolute Gasteiger partial charge is 0.506 e. The summed E-state index contributed by atoms with van der Waals surface area (Å²) in [5, 5.41) is 9.68. The Hall–Kier alpha value is -2.86. The highest BCUT2D eigenvalue weighted by atomic mass is 32.2. The lowest BCUT2D eigenvalue weighted by atomic mass is 10.1. The Balaban J connectivity index is 1.88. The van der Waals surface area contributed by atoms with Crippen LogP contribution >= 0.6 is 0 Å². The predicted molar refractivity (Wildman–Crippen MR) is 88.6 cm³/mol. The minimum Gasteiger partial charge on any atom is -0.506 e. The Labute approximate surface area is 134 Å². The molecule has 23 heavy (non-hydrogen) atoms. The highest BCUT2D eigenvalue weighted by Crippen LogP contribution is 2.26. The number of nitrogens with one attached hydrogen (secondary N) is 1. The van der Waals surface area contributed by atoms with Gasteiger partial charge in [0.15, 0.2) is 0 Å². The molecular weight excluding hydrogens is 312 g/mol. The van der Waals surface area contributed by atoms with Gasteiger partial charge in [0.1, 0.15) is 5.75 Å². The Morgan fingerprint density at radius 2 is 1.61 bits per heavy atom. The topological polar surface area (TPSA) is 79.3 Å². The van der Waals surface area contributed by atoms with Gasteiger partial charge in [-0.05, 0) is 41.5 Å². The number of nitrogens with zero attached hydrogens (tertiary/aromatic N) is 1. The van der Waals surface area contributed by atoms with E-state index in [1.54, 1.807) is 36.7 Å². The molecule has 3 aromatic rings. The second-order valence-electron chi connectivity index (χ2n) is 4.89. The number of aromatic hydroxyl groups is 1. The molecule has 6 heteroatoms. The maximum atomic E-state index is 12.4. The molecule has 0 aliphatic carbocycles. The molecule has 0 atom stereocenters. The number of anilines is 1. The van der Waals surface area contributed by atoms with Gasteiger partial charge in [0.05, 0.1) is 10.6 Å². The number of hydrogen-bond donors (Lipinski definition) is 2. The van der Waals surface area contributed by atoms with Crippen molar-refractivity contribution in [1.29, 1.82) is 0 Å². The second kappa shape index (κ2) is 6.10. The van der Waals surface area contributed by atoms with E-state index in [2.05, 4.69) is 9.71 Å². The number of rotatable bonds is 4. The van der Waals surface area contributed by atoms with Crippen LogP contribution in [0.1, 0.15) is 0 Å². The highest BCUT2D eigenvalue weighted by Gasteiger charge is 2.15. The van der Waals surface area contributed by atoms with Gasteiger partial charge in [-0.3, -0.25) is 9.71 Å². The molecule has 0 bridgehead atoms. The van der Waals surface area contributed by atoms with Crippen molar-refractivity contribution in [3.05, 3.63) is 73.1 Å². The van der Waals surface area contributed by atoms with E-state index < -0.39 is 10.0 Å². The fourth-order valence-electron chi connectivity index (χ4n) is 2.12. The van der Waals surface area contributed by atoms with Crippen LogP contribution in [0.3, 0.4) is 0 Å². The number of hydrogen-bond acceptors (Lipinski definition) is 4. The number of para-hydroxylation sites is 2. The fourth-order valence-corrected chi connectivity index (χ4v) is 3.20. The van der Waals surface area contributed by atoms with E-state index in [1.165, 1.54) is 24.3 Å². The number of phenolic OH excluding ortho intramolecular Hbond substituents is 1. The summed E-state index contributed by atoms with van der Waals surface area (Å²) in [5.74, 6) is -0.122. The van der Waals surface area contributed by atoms with Crippen LogP contribution in [0.25, 0.3) is 11.1 Å². The van der Waals surface area contributed by atoms with E-state index >= 15 is 0 Å². The van der Waals surface area contributed by atoms with Crippen molar-refractivity contribution in [3.8, 4) is 16.9 Å². The van der Waals surface area contributed by atoms with E-state index in [4.69, 9.17) is 0 Å². The van der Waals surface area contributed by atoms with Gasteiger partial charge in [0.2, 0.25) is 0 Å². The molecule has 0 spiro atoms. The van der Waals surface area contributed by atoms with Crippen LogP contribution in [0.5, 0.6) is 5.75 Å². The van der Waals surface area contributed by atoms with E-state index in [1.807, 2.05) is 12.1 Å². The Kier molecular flexibility index (Phi) is 3.99. The first-order valence-corrected chi connectivity index (χ1v) is 8.36. The van der Waals surface area contributed by atoms with Crippen molar-refractivity contribution in [2.24, 2.45) is 0 Å². The van der Waals surface area contributed by atoms with Gasteiger partial charge in [-0.25, -0.2) is 8.42 Å². The average Bonchev–Trinajstić information content (AvgIpc) is 2.58. The number of aromatic nitrogens is 1. The van der Waals surface area contributed by atoms with E-state index in [0.717, 1.165) is 11.1 Å². The molecule has 2 N–H and O–H groups in total. The quantitative estimate of drug-likeness (QED) is 0.721. The zero-order chi connectivity index (χ0) is 16.3. The molecule has 3 rings (SSSR count). The molecule has 0 unspecified atom stereocenters. The van der Waals surface area contributed by atoms with E-state index in [-0.39, 0.29) is 16.3 Å². The van der Waals surface area contributed by atoms with Gasteiger partial charge in [-0.15, -0.1) is 0 Å². The summed E-state index contributed by atoms with van der Waals surface area (Å²) in [4.78, 5) is 4.16. The van der Waals surface area contributed by atoms with Crippen LogP contribution in [0.4, 0.5) is 5.69 Å². The second-order valence-corrected chi connectivity index (χ2v) is 6.57. The summed E-state index contributed by atoms with van der Waals surface area (Å²) in [6, 6.07) is 16.4. The monoisotopic (exact) mass is 326 g/mol. The molecule has 116 valence electrons. The van der Waals surface area contributed by atoms with Crippen molar-refractivity contribution in [1.82, 2.24) is 4.98 Å². The first-order chi connectivity index (χ1) is 11.1. The van der Waals surface area contributed by atoms with Gasteiger partial charge in [0, 0.05) is 12.4 Å². The molecule has 5 nitrogen and oxygen atoms in total. The first-order valence-electron chi connectivity index (χ1n) is 6.87. The lowest BCUT2D eigenvalue weighted by Gasteiger charge is -2.10. The zero-order valence-electron chi connectivity index (χ0n) is 12.0. The molecule has 0 amide bonds. The summed E-state index contributed by atoms with van der Waals surface area (Å²) < 4.78 is 27.1. The average molecular weight is 326 g/mol. The Morgan fingerprint density at radius 3 is 2.26 bits per heavy atom. The third-order valence-corrected chi connectivity index (χ3v) is 4.69. The maximum Gasteiger partial charge on any atom is 0.262 e. The summed E-state index contributed by atoms with van der Waals surface area (Å²) >= 11 is 0. The van der Waals surface area contributed by atoms with Crippen molar-refractivity contribution in [2.45, 2.75) is 4.90 Å². The lowest BCUT2D eigenvalue weighted by Crippen LogP contribution is -2.12. The number of phenols is 1. The van der Waals surface area contributed by atoms with Crippen molar-refractivity contribution >= 4 is 15.7 Å². The zero-order valence-corrected chi connectivity index (χ0v) is 12.9. The summed E-state index contributed by atoms with van der Waals surface area (Å²) in [6.45, 7) is 0. The summed E-state index contributed by atoms with van der Waals surface area (Å²) in [6.07, 6.45) is 3.39. The molecule has 0 saturated heterocycles. The van der Waals surface area contributed by atoms with Crippen LogP contribution in [-0.2, 0) is 10.0 Å². The summed E-state index contributed by atoms with van der Waals surface area (Å²) in [7, 11) is -3.76. The van der Waals surface area contributed by atoms with Crippen molar-refractivity contribution in [2.75, 3.05) is 4.72 Å². The maximum absolute atomic E-state index is 12.4. The highest BCUT2D eigenvalue weighted by molar-refractivity contribution is 7.92. The molecule has 0 aliphatic heterocycles. The Bertz CT molecular complexity index is 908. The Morgan fingerprint density at radius 1 is 0.870 bits per heavy atom. The third kappa shape index (κ3) is 3.32. The smallest absolute Gasteiger partial charge is 0.262 e. The van der Waals surface area contributed by atoms with Crippen molar-refractivity contribution < 1.29 is 13.5 Å². The van der Waals surface area contributed by atoms with Gasteiger partial charge in [0.25, 0.3) is 10.0 Å². The molecule has 1 aromatic heterocycles. The van der Waals surface area contributed by atoms with Gasteiger partial charge in [-0.1, -0.05) is 30.3 Å². The molecule has 0 fully saturated rings. The minimum atomic E-state index is -3.76. The third-order valence-electron chi connectivity index (χ3n) is 3.31. The molecular formula is C17H14N2O3S. The SMILES string of the molecule is O=S(=O)(Nc1ccccc1O)c1ccc(-c2cccnc2)cc1. The predicted octanol–water partition coefficient (Wildman–Crippen LogP) is 3.26. The molecule has 0 radical (unpaired) electrons. The molecule has 0 saturated carbocycles. The van der Waals surface area contributed by atoms with Crippen LogP contribution in [0.2, 0.25) is 0 Å². The lowest BCUT2D eigenvalue weighted by molar-refractivity contribution is 0.477. The summed E-state index contributed by atoms with van der Waals surface area (Å²) in [5.41, 5.74) is 1.92. The fraction of sp³-hybridized carbons (Fsp3) is 0. The first kappa shape index (κ1) is 15.1. The number of benzene rings is 2. The molecule has 0 aliphatic rings. The standard InChI is InChI=1S/C17H14N2O3S/c20-17-6-2-1-5-16(17)19-23(21,22)15-9-7-13(8-10-15)14-4-3-11-18-12-14/h1-12,19-20H. The van der Waals surface area contributed by atoms with Gasteiger partial charge < -0.3 is 5.11 Å². The van der Waals surface area contributed by atoms with E-state index in [9.17, 15) is 13.5 Å². The van der Waals surface area contributed by atoms with Crippen LogP contribution in [0, 0.1) is 0 Å². The molecule has 2 aromatic carbocycles. The van der Waals surface area contributed by atoms with E-state index in [0.29, 0.717) is 0 Å². The van der Waals surface area contributed by atoms with Gasteiger partial charge in [-0.2, -0.15) is 0 Å². The molecule has 1 heterocycles. The van der Waals surface area contributed by atoms with Crippen molar-refractivity contribution in [3.63, 3.8) is 0 Å². The normalized spacial score (nSPS) is 11.1. The van der Waals surface area contributed by atoms with Crippen LogP contribution in [-0.4, -0.2) is 18.5 Å². The minimum absolute atomic E-state index is 0.119. The number of pyridine rings is 1.